The van der Waals surface area contributed by atoms with Crippen molar-refractivity contribution >= 4 is 15.7 Å². The molecule has 24 heavy (non-hydrogen) atoms. The molecule has 2 N–H and O–H groups in total. The second-order valence-corrected chi connectivity index (χ2v) is 7.90. The quantitative estimate of drug-likeness (QED) is 0.517. The molecule has 1 aromatic rings. The van der Waals surface area contributed by atoms with Crippen LogP contribution in [0.2, 0.25) is 0 Å². The molecule has 0 aliphatic rings. The van der Waals surface area contributed by atoms with Crippen LogP contribution in [0, 0.1) is 5.92 Å². The molecule has 0 fully saturated rings. The molecule has 8 heteroatoms. The minimum atomic E-state index is -3.78. The van der Waals surface area contributed by atoms with Crippen molar-refractivity contribution in [2.45, 2.75) is 43.3 Å². The summed E-state index contributed by atoms with van der Waals surface area (Å²) in [6.07, 6.45) is 0.802. The summed E-state index contributed by atoms with van der Waals surface area (Å²) in [5, 5.41) is 7.80. The highest BCUT2D eigenvalue weighted by Crippen LogP contribution is 2.32. The summed E-state index contributed by atoms with van der Waals surface area (Å²) in [6.45, 7) is 3.88. The van der Waals surface area contributed by atoms with Gasteiger partial charge in [0.15, 0.2) is 21.3 Å². The standard InChI is InChI=1S/C16H25NO6S/c1-5-11(2)8-13(10-16(18)17-19)24(20,21)12-6-7-14(22-3)15(9-12)23-4/h6-7,9,11,13,19H,5,8,10H2,1-4H3,(H,17,18). The fourth-order valence-electron chi connectivity index (χ4n) is 2.37. The monoisotopic (exact) mass is 359 g/mol. The normalized spacial score (nSPS) is 13.9. The number of sulfone groups is 1. The van der Waals surface area contributed by atoms with Crippen molar-refractivity contribution in [3.8, 4) is 11.5 Å². The molecule has 1 rings (SSSR count). The molecule has 0 saturated heterocycles. The number of amides is 1. The molecule has 2 unspecified atom stereocenters. The first kappa shape index (κ1) is 20.2. The van der Waals surface area contributed by atoms with Gasteiger partial charge in [-0.25, -0.2) is 13.9 Å². The molecule has 0 aliphatic heterocycles. The van der Waals surface area contributed by atoms with Gasteiger partial charge in [-0.3, -0.25) is 10.0 Å². The summed E-state index contributed by atoms with van der Waals surface area (Å²) in [5.41, 5.74) is 1.50. The van der Waals surface area contributed by atoms with Crippen LogP contribution in [0.1, 0.15) is 33.1 Å². The number of rotatable bonds is 9. The summed E-state index contributed by atoms with van der Waals surface area (Å²) in [5.74, 6) is 0.110. The zero-order valence-corrected chi connectivity index (χ0v) is 15.2. The molecule has 136 valence electrons. The molecule has 1 amide bonds. The third kappa shape index (κ3) is 4.85. The van der Waals surface area contributed by atoms with E-state index in [9.17, 15) is 13.2 Å². The average molecular weight is 359 g/mol. The van der Waals surface area contributed by atoms with Gasteiger partial charge in [0.2, 0.25) is 5.91 Å². The Morgan fingerprint density at radius 2 is 1.88 bits per heavy atom. The Morgan fingerprint density at radius 3 is 2.38 bits per heavy atom. The molecular formula is C16H25NO6S. The Bertz CT molecular complexity index is 659. The summed E-state index contributed by atoms with van der Waals surface area (Å²) >= 11 is 0. The number of nitrogens with one attached hydrogen (secondary N) is 1. The van der Waals surface area contributed by atoms with Crippen molar-refractivity contribution in [1.29, 1.82) is 0 Å². The van der Waals surface area contributed by atoms with Crippen molar-refractivity contribution < 1.29 is 27.9 Å². The van der Waals surface area contributed by atoms with Gasteiger partial charge in [0.25, 0.3) is 0 Å². The van der Waals surface area contributed by atoms with Crippen LogP contribution in [0.15, 0.2) is 23.1 Å². The Morgan fingerprint density at radius 1 is 1.25 bits per heavy atom. The third-order valence-corrected chi connectivity index (χ3v) is 6.17. The topological polar surface area (TPSA) is 102 Å². The van der Waals surface area contributed by atoms with E-state index >= 15 is 0 Å². The van der Waals surface area contributed by atoms with Crippen LogP contribution in [0.4, 0.5) is 0 Å². The van der Waals surface area contributed by atoms with Gasteiger partial charge >= 0.3 is 0 Å². The van der Waals surface area contributed by atoms with Gasteiger partial charge in [-0.1, -0.05) is 20.3 Å². The van der Waals surface area contributed by atoms with Gasteiger partial charge < -0.3 is 9.47 Å². The highest BCUT2D eigenvalue weighted by molar-refractivity contribution is 7.92. The second-order valence-electron chi connectivity index (χ2n) is 5.67. The van der Waals surface area contributed by atoms with Crippen LogP contribution in [-0.2, 0) is 14.6 Å². The number of hydrogen-bond donors (Lipinski definition) is 2. The first-order chi connectivity index (χ1) is 11.3. The molecule has 7 nitrogen and oxygen atoms in total. The van der Waals surface area contributed by atoms with Crippen molar-refractivity contribution in [3.63, 3.8) is 0 Å². The number of hydrogen-bond acceptors (Lipinski definition) is 6. The smallest absolute Gasteiger partial charge is 0.244 e. The molecule has 0 heterocycles. The zero-order valence-electron chi connectivity index (χ0n) is 14.4. The fraction of sp³-hybridized carbons (Fsp3) is 0.562. The summed E-state index contributed by atoms with van der Waals surface area (Å²) in [6, 6.07) is 4.32. The average Bonchev–Trinajstić information content (AvgIpc) is 2.59. The van der Waals surface area contributed by atoms with Gasteiger partial charge in [-0.15, -0.1) is 0 Å². The van der Waals surface area contributed by atoms with Gasteiger partial charge in [0.1, 0.15) is 0 Å². The van der Waals surface area contributed by atoms with Crippen LogP contribution in [0.5, 0.6) is 11.5 Å². The molecule has 0 bridgehead atoms. The van der Waals surface area contributed by atoms with Crippen molar-refractivity contribution in [1.82, 2.24) is 5.48 Å². The van der Waals surface area contributed by atoms with E-state index in [-0.39, 0.29) is 17.2 Å². The van der Waals surface area contributed by atoms with Crippen LogP contribution < -0.4 is 15.0 Å². The van der Waals surface area contributed by atoms with Crippen molar-refractivity contribution in [3.05, 3.63) is 18.2 Å². The van der Waals surface area contributed by atoms with E-state index in [1.807, 2.05) is 13.8 Å². The predicted octanol–water partition coefficient (Wildman–Crippen LogP) is 2.18. The van der Waals surface area contributed by atoms with Gasteiger partial charge in [0, 0.05) is 12.5 Å². The van der Waals surface area contributed by atoms with Crippen molar-refractivity contribution in [2.75, 3.05) is 14.2 Å². The Hall–Kier alpha value is -1.80. The van der Waals surface area contributed by atoms with Crippen LogP contribution in [-0.4, -0.2) is 39.0 Å². The third-order valence-electron chi connectivity index (χ3n) is 4.02. The molecule has 0 aliphatic carbocycles. The van der Waals surface area contributed by atoms with E-state index < -0.39 is 21.0 Å². The molecule has 0 spiro atoms. The second kappa shape index (κ2) is 8.89. The summed E-state index contributed by atoms with van der Waals surface area (Å²) < 4.78 is 36.1. The molecule has 0 saturated carbocycles. The highest BCUT2D eigenvalue weighted by Gasteiger charge is 2.31. The largest absolute Gasteiger partial charge is 0.493 e. The van der Waals surface area contributed by atoms with Crippen LogP contribution in [0.25, 0.3) is 0 Å². The first-order valence-corrected chi connectivity index (χ1v) is 9.23. The van der Waals surface area contributed by atoms with E-state index in [0.717, 1.165) is 6.42 Å². The van der Waals surface area contributed by atoms with E-state index in [2.05, 4.69) is 0 Å². The number of benzene rings is 1. The summed E-state index contributed by atoms with van der Waals surface area (Å²) in [7, 11) is -0.894. The molecule has 0 aromatic heterocycles. The van der Waals surface area contributed by atoms with Gasteiger partial charge in [-0.05, 0) is 24.5 Å². The Balaban J connectivity index is 3.25. The maximum atomic E-state index is 12.9. The van der Waals surface area contributed by atoms with Gasteiger partial charge in [-0.2, -0.15) is 0 Å². The number of carbonyl (C=O) groups excluding carboxylic acids is 1. The number of carbonyl (C=O) groups is 1. The minimum absolute atomic E-state index is 0.0548. The molecular weight excluding hydrogens is 334 g/mol. The number of hydroxylamine groups is 1. The van der Waals surface area contributed by atoms with E-state index in [4.69, 9.17) is 14.7 Å². The van der Waals surface area contributed by atoms with Gasteiger partial charge in [0.05, 0.1) is 24.4 Å². The maximum absolute atomic E-state index is 12.9. The van der Waals surface area contributed by atoms with E-state index in [1.54, 1.807) is 0 Å². The SMILES string of the molecule is CCC(C)CC(CC(=O)NO)S(=O)(=O)c1ccc(OC)c(OC)c1. The predicted molar refractivity (Wildman–Crippen MR) is 89.1 cm³/mol. The van der Waals surface area contributed by atoms with Crippen LogP contribution >= 0.6 is 0 Å². The molecule has 2 atom stereocenters. The zero-order chi connectivity index (χ0) is 18.3. The Labute approximate surface area is 142 Å². The van der Waals surface area contributed by atoms with E-state index in [0.29, 0.717) is 17.9 Å². The van der Waals surface area contributed by atoms with Crippen LogP contribution in [0.3, 0.4) is 0 Å². The highest BCUT2D eigenvalue weighted by atomic mass is 32.2. The lowest BCUT2D eigenvalue weighted by molar-refractivity contribution is -0.129. The maximum Gasteiger partial charge on any atom is 0.244 e. The lowest BCUT2D eigenvalue weighted by Crippen LogP contribution is -2.31. The number of ether oxygens (including phenoxy) is 2. The lowest BCUT2D eigenvalue weighted by atomic mass is 10.0. The first-order valence-electron chi connectivity index (χ1n) is 7.68. The Kier molecular flexibility index (Phi) is 7.50. The lowest BCUT2D eigenvalue weighted by Gasteiger charge is -2.20. The fourth-order valence-corrected chi connectivity index (χ4v) is 4.24. The minimum Gasteiger partial charge on any atom is -0.493 e. The van der Waals surface area contributed by atoms with Crippen molar-refractivity contribution in [2.24, 2.45) is 5.92 Å². The summed E-state index contributed by atoms with van der Waals surface area (Å²) in [4.78, 5) is 11.6. The van der Waals surface area contributed by atoms with E-state index in [1.165, 1.54) is 37.9 Å². The number of methoxy groups -OCH3 is 2. The molecule has 0 radical (unpaired) electrons. The molecule has 1 aromatic carbocycles.